The summed E-state index contributed by atoms with van der Waals surface area (Å²) >= 11 is 0. The number of hydrogen-bond donors (Lipinski definition) is 2. The Bertz CT molecular complexity index is 306. The summed E-state index contributed by atoms with van der Waals surface area (Å²) in [6.45, 7) is 1.64. The van der Waals surface area contributed by atoms with Crippen LogP contribution in [0.3, 0.4) is 0 Å². The van der Waals surface area contributed by atoms with E-state index in [1.807, 2.05) is 0 Å². The molecule has 2 rings (SSSR count). The summed E-state index contributed by atoms with van der Waals surface area (Å²) in [6.07, 6.45) is 3.81. The number of carbonyl (C=O) groups is 2. The van der Waals surface area contributed by atoms with Crippen molar-refractivity contribution in [3.63, 3.8) is 0 Å². The van der Waals surface area contributed by atoms with Gasteiger partial charge in [0.1, 0.15) is 0 Å². The number of amides is 1. The first-order chi connectivity index (χ1) is 8.11. The Hall–Kier alpha value is -1.10. The van der Waals surface area contributed by atoms with Gasteiger partial charge in [0.2, 0.25) is 5.91 Å². The van der Waals surface area contributed by atoms with Crippen LogP contribution in [0.4, 0.5) is 0 Å². The van der Waals surface area contributed by atoms with Gasteiger partial charge < -0.3 is 15.2 Å². The smallest absolute Gasteiger partial charge is 0.303 e. The van der Waals surface area contributed by atoms with Gasteiger partial charge in [-0.2, -0.15) is 0 Å². The maximum absolute atomic E-state index is 11.8. The van der Waals surface area contributed by atoms with Crippen molar-refractivity contribution in [1.82, 2.24) is 5.32 Å². The summed E-state index contributed by atoms with van der Waals surface area (Å²) in [6, 6.07) is 0. The number of nitrogens with one attached hydrogen (secondary N) is 1. The molecule has 1 aliphatic carbocycles. The summed E-state index contributed by atoms with van der Waals surface area (Å²) in [7, 11) is 0. The van der Waals surface area contributed by atoms with Gasteiger partial charge in [-0.1, -0.05) is 6.42 Å². The molecule has 96 valence electrons. The lowest BCUT2D eigenvalue weighted by molar-refractivity contribution is -0.142. The predicted octanol–water partition coefficient (Wildman–Crippen LogP) is 0.784. The first-order valence-electron chi connectivity index (χ1n) is 6.19. The highest BCUT2D eigenvalue weighted by atomic mass is 16.5. The second-order valence-corrected chi connectivity index (χ2v) is 5.20. The standard InChI is InChI=1S/C12H19NO4/c14-10(15)6-12(3-1-4-12)8-13-11(16)9-2-5-17-7-9/h9H,1-8H2,(H,13,16)(H,14,15). The summed E-state index contributed by atoms with van der Waals surface area (Å²) < 4.78 is 5.16. The largest absolute Gasteiger partial charge is 0.481 e. The van der Waals surface area contributed by atoms with Crippen molar-refractivity contribution in [1.29, 1.82) is 0 Å². The SMILES string of the molecule is O=C(O)CC1(CNC(=O)C2CCOC2)CCC1. The van der Waals surface area contributed by atoms with Crippen molar-refractivity contribution in [3.8, 4) is 0 Å². The zero-order chi connectivity index (χ0) is 12.3. The molecule has 1 saturated heterocycles. The third-order valence-electron chi connectivity index (χ3n) is 3.88. The van der Waals surface area contributed by atoms with Crippen molar-refractivity contribution in [2.24, 2.45) is 11.3 Å². The second kappa shape index (κ2) is 5.04. The fourth-order valence-corrected chi connectivity index (χ4v) is 2.57. The molecule has 5 nitrogen and oxygen atoms in total. The Labute approximate surface area is 101 Å². The molecule has 2 N–H and O–H groups in total. The number of carbonyl (C=O) groups excluding carboxylic acids is 1. The number of aliphatic carboxylic acids is 1. The fraction of sp³-hybridized carbons (Fsp3) is 0.833. The van der Waals surface area contributed by atoms with E-state index in [9.17, 15) is 9.59 Å². The van der Waals surface area contributed by atoms with E-state index in [0.717, 1.165) is 25.7 Å². The van der Waals surface area contributed by atoms with E-state index in [2.05, 4.69) is 5.32 Å². The van der Waals surface area contributed by atoms with E-state index in [0.29, 0.717) is 19.8 Å². The van der Waals surface area contributed by atoms with Crippen LogP contribution < -0.4 is 5.32 Å². The second-order valence-electron chi connectivity index (χ2n) is 5.20. The van der Waals surface area contributed by atoms with E-state index in [-0.39, 0.29) is 23.7 Å². The van der Waals surface area contributed by atoms with Crippen LogP contribution in [0.25, 0.3) is 0 Å². The minimum Gasteiger partial charge on any atom is -0.481 e. The Morgan fingerprint density at radius 1 is 1.41 bits per heavy atom. The third-order valence-corrected chi connectivity index (χ3v) is 3.88. The number of rotatable bonds is 5. The Balaban J connectivity index is 1.79. The topological polar surface area (TPSA) is 75.6 Å². The summed E-state index contributed by atoms with van der Waals surface area (Å²) in [4.78, 5) is 22.6. The fourth-order valence-electron chi connectivity index (χ4n) is 2.57. The van der Waals surface area contributed by atoms with Crippen LogP contribution in [0.1, 0.15) is 32.1 Å². The molecule has 0 aromatic rings. The van der Waals surface area contributed by atoms with Crippen molar-refractivity contribution < 1.29 is 19.4 Å². The van der Waals surface area contributed by atoms with Gasteiger partial charge in [-0.05, 0) is 24.7 Å². The van der Waals surface area contributed by atoms with Crippen molar-refractivity contribution in [2.75, 3.05) is 19.8 Å². The van der Waals surface area contributed by atoms with Gasteiger partial charge in [-0.25, -0.2) is 0 Å². The van der Waals surface area contributed by atoms with Gasteiger partial charge in [0.25, 0.3) is 0 Å². The molecule has 5 heteroatoms. The maximum Gasteiger partial charge on any atom is 0.303 e. The highest BCUT2D eigenvalue weighted by Gasteiger charge is 2.39. The number of hydrogen-bond acceptors (Lipinski definition) is 3. The molecule has 1 heterocycles. The lowest BCUT2D eigenvalue weighted by atomic mass is 9.66. The van der Waals surface area contributed by atoms with Crippen LogP contribution in [-0.4, -0.2) is 36.7 Å². The molecule has 0 spiro atoms. The van der Waals surface area contributed by atoms with E-state index in [4.69, 9.17) is 9.84 Å². The van der Waals surface area contributed by atoms with Crippen molar-refractivity contribution >= 4 is 11.9 Å². The highest BCUT2D eigenvalue weighted by molar-refractivity contribution is 5.79. The van der Waals surface area contributed by atoms with Crippen LogP contribution >= 0.6 is 0 Å². The van der Waals surface area contributed by atoms with Gasteiger partial charge in [0, 0.05) is 13.2 Å². The molecule has 0 aromatic carbocycles. The van der Waals surface area contributed by atoms with Crippen LogP contribution in [0, 0.1) is 11.3 Å². The predicted molar refractivity (Wildman–Crippen MR) is 60.5 cm³/mol. The third kappa shape index (κ3) is 2.97. The molecule has 17 heavy (non-hydrogen) atoms. The molecule has 1 atom stereocenters. The van der Waals surface area contributed by atoms with Gasteiger partial charge in [0.05, 0.1) is 18.9 Å². The van der Waals surface area contributed by atoms with Crippen molar-refractivity contribution in [2.45, 2.75) is 32.1 Å². The van der Waals surface area contributed by atoms with Crippen LogP contribution in [-0.2, 0) is 14.3 Å². The minimum absolute atomic E-state index is 0.0131. The Morgan fingerprint density at radius 3 is 2.65 bits per heavy atom. The average molecular weight is 241 g/mol. The van der Waals surface area contributed by atoms with Gasteiger partial charge in [-0.3, -0.25) is 9.59 Å². The molecule has 1 unspecified atom stereocenters. The molecule has 0 bridgehead atoms. The summed E-state index contributed by atoms with van der Waals surface area (Å²) in [5, 5.41) is 11.7. The highest BCUT2D eigenvalue weighted by Crippen LogP contribution is 2.43. The lowest BCUT2D eigenvalue weighted by Crippen LogP contribution is -2.45. The Kier molecular flexibility index (Phi) is 3.66. The monoisotopic (exact) mass is 241 g/mol. The molecule has 0 radical (unpaired) electrons. The number of carboxylic acid groups (broad SMARTS) is 1. The molecule has 2 fully saturated rings. The molecular formula is C12H19NO4. The first-order valence-corrected chi connectivity index (χ1v) is 6.19. The zero-order valence-electron chi connectivity index (χ0n) is 9.91. The molecule has 1 saturated carbocycles. The quantitative estimate of drug-likeness (QED) is 0.746. The van der Waals surface area contributed by atoms with E-state index >= 15 is 0 Å². The van der Waals surface area contributed by atoms with Gasteiger partial charge >= 0.3 is 5.97 Å². The number of carboxylic acids is 1. The zero-order valence-corrected chi connectivity index (χ0v) is 9.91. The molecule has 0 aromatic heterocycles. The molecule has 1 aliphatic heterocycles. The van der Waals surface area contributed by atoms with Crippen molar-refractivity contribution in [3.05, 3.63) is 0 Å². The summed E-state index contributed by atoms with van der Waals surface area (Å²) in [5.74, 6) is -0.806. The number of ether oxygens (including phenoxy) is 1. The molecule has 1 amide bonds. The first kappa shape index (κ1) is 12.4. The summed E-state index contributed by atoms with van der Waals surface area (Å²) in [5.41, 5.74) is -0.193. The molecule has 2 aliphatic rings. The maximum atomic E-state index is 11.8. The normalized spacial score (nSPS) is 26.2. The van der Waals surface area contributed by atoms with E-state index in [1.165, 1.54) is 0 Å². The van der Waals surface area contributed by atoms with Gasteiger partial charge in [-0.15, -0.1) is 0 Å². The average Bonchev–Trinajstić information content (AvgIpc) is 2.74. The van der Waals surface area contributed by atoms with Crippen LogP contribution in [0.15, 0.2) is 0 Å². The minimum atomic E-state index is -0.775. The van der Waals surface area contributed by atoms with E-state index < -0.39 is 5.97 Å². The molecular weight excluding hydrogens is 222 g/mol. The Morgan fingerprint density at radius 2 is 2.18 bits per heavy atom. The van der Waals surface area contributed by atoms with Gasteiger partial charge in [0.15, 0.2) is 0 Å². The van der Waals surface area contributed by atoms with Crippen LogP contribution in [0.2, 0.25) is 0 Å². The lowest BCUT2D eigenvalue weighted by Gasteiger charge is -2.41. The van der Waals surface area contributed by atoms with Crippen LogP contribution in [0.5, 0.6) is 0 Å². The van der Waals surface area contributed by atoms with E-state index in [1.54, 1.807) is 0 Å².